The molecule has 2 aliphatic rings. The van der Waals surface area contributed by atoms with E-state index in [0.717, 1.165) is 24.9 Å². The number of halogens is 2. The lowest BCUT2D eigenvalue weighted by Crippen LogP contribution is -2.45. The van der Waals surface area contributed by atoms with E-state index in [1.165, 1.54) is 20.3 Å². The van der Waals surface area contributed by atoms with E-state index in [1.54, 1.807) is 12.3 Å². The summed E-state index contributed by atoms with van der Waals surface area (Å²) in [5, 5.41) is 7.61. The van der Waals surface area contributed by atoms with Crippen molar-refractivity contribution >= 4 is 51.8 Å². The number of aromatic nitrogens is 3. The molecule has 10 nitrogen and oxygen atoms in total. The van der Waals surface area contributed by atoms with E-state index in [-0.39, 0.29) is 18.0 Å². The number of benzene rings is 1. The number of carbonyl (C=O) groups is 1. The van der Waals surface area contributed by atoms with Crippen LogP contribution in [-0.4, -0.2) is 73.5 Å². The molecule has 4 heterocycles. The van der Waals surface area contributed by atoms with Gasteiger partial charge in [0, 0.05) is 36.3 Å². The molecule has 2 saturated heterocycles. The van der Waals surface area contributed by atoms with Crippen LogP contribution >= 0.6 is 23.2 Å². The third-order valence-corrected chi connectivity index (χ3v) is 7.19. The van der Waals surface area contributed by atoms with Crippen LogP contribution in [-0.2, 0) is 9.53 Å². The van der Waals surface area contributed by atoms with E-state index in [2.05, 4.69) is 27.1 Å². The third-order valence-electron chi connectivity index (χ3n) is 6.44. The Morgan fingerprint density at radius 1 is 1.14 bits per heavy atom. The van der Waals surface area contributed by atoms with Gasteiger partial charge in [-0.3, -0.25) is 4.79 Å². The maximum atomic E-state index is 11.8. The zero-order valence-electron chi connectivity index (χ0n) is 20.4. The normalized spacial score (nSPS) is 18.9. The van der Waals surface area contributed by atoms with E-state index in [4.69, 9.17) is 47.4 Å². The number of nitrogens with one attached hydrogen (secondary N) is 2. The molecule has 0 bridgehead atoms. The molecule has 0 saturated carbocycles. The predicted molar refractivity (Wildman–Crippen MR) is 143 cm³/mol. The minimum atomic E-state index is -0.259. The van der Waals surface area contributed by atoms with Crippen molar-refractivity contribution in [3.63, 3.8) is 0 Å². The van der Waals surface area contributed by atoms with Gasteiger partial charge < -0.3 is 29.7 Å². The van der Waals surface area contributed by atoms with Gasteiger partial charge in [-0.1, -0.05) is 29.8 Å². The van der Waals surface area contributed by atoms with Crippen LogP contribution in [0.3, 0.4) is 0 Å². The standard InChI is InChI=1S/C25H26Cl2N6O4/c1-4-19(34)29-15-11-37-12-16(15)31-25-28-10-13-8-14(30-24(23(13)32-25)33-6-5-7-33)20-21(26)17(35-2)9-18(36-3)22(20)27/h4,8-10,15-16H,1,5-7,11-12H2,2-3H3,(H,29,34)(H,28,31,32)/t15-,16+/m0/s1. The molecule has 0 unspecified atom stereocenters. The summed E-state index contributed by atoms with van der Waals surface area (Å²) in [4.78, 5) is 28.2. The summed E-state index contributed by atoms with van der Waals surface area (Å²) in [5.41, 5.74) is 1.75. The Morgan fingerprint density at radius 3 is 2.46 bits per heavy atom. The maximum Gasteiger partial charge on any atom is 0.243 e. The Bertz CT molecular complexity index is 1340. The van der Waals surface area contributed by atoms with Crippen molar-refractivity contribution in [1.82, 2.24) is 20.3 Å². The lowest BCUT2D eigenvalue weighted by Gasteiger charge is -2.33. The average molecular weight is 545 g/mol. The van der Waals surface area contributed by atoms with Crippen LogP contribution in [0.25, 0.3) is 22.2 Å². The first kappa shape index (κ1) is 25.3. The van der Waals surface area contributed by atoms with Gasteiger partial charge in [-0.05, 0) is 18.6 Å². The van der Waals surface area contributed by atoms with Crippen LogP contribution in [0.15, 0.2) is 31.0 Å². The van der Waals surface area contributed by atoms with Gasteiger partial charge in [0.05, 0.1) is 55.3 Å². The van der Waals surface area contributed by atoms with Gasteiger partial charge in [0.25, 0.3) is 0 Å². The van der Waals surface area contributed by atoms with E-state index >= 15 is 0 Å². The van der Waals surface area contributed by atoms with Crippen molar-refractivity contribution in [2.45, 2.75) is 18.5 Å². The minimum absolute atomic E-state index is 0.192. The van der Waals surface area contributed by atoms with E-state index < -0.39 is 0 Å². The predicted octanol–water partition coefficient (Wildman–Crippen LogP) is 3.71. The van der Waals surface area contributed by atoms with Gasteiger partial charge in [-0.25, -0.2) is 15.0 Å². The van der Waals surface area contributed by atoms with Gasteiger partial charge in [-0.2, -0.15) is 0 Å². The van der Waals surface area contributed by atoms with Crippen LogP contribution in [0.2, 0.25) is 10.0 Å². The largest absolute Gasteiger partial charge is 0.495 e. The summed E-state index contributed by atoms with van der Waals surface area (Å²) in [6.45, 7) is 6.01. The lowest BCUT2D eigenvalue weighted by atomic mass is 10.1. The number of pyridine rings is 1. The Balaban J connectivity index is 1.56. The highest BCUT2D eigenvalue weighted by molar-refractivity contribution is 6.41. The topological polar surface area (TPSA) is 111 Å². The summed E-state index contributed by atoms with van der Waals surface area (Å²) in [5.74, 6) is 1.72. The Labute approximate surface area is 223 Å². The molecule has 0 aliphatic carbocycles. The second kappa shape index (κ2) is 10.6. The molecule has 5 rings (SSSR count). The van der Waals surface area contributed by atoms with Crippen molar-refractivity contribution in [3.05, 3.63) is 41.0 Å². The second-order valence-electron chi connectivity index (χ2n) is 8.69. The molecular formula is C25H26Cl2N6O4. The zero-order valence-corrected chi connectivity index (χ0v) is 21.9. The van der Waals surface area contributed by atoms with Gasteiger partial charge in [-0.15, -0.1) is 0 Å². The third kappa shape index (κ3) is 4.84. The molecule has 194 valence electrons. The molecular weight excluding hydrogens is 519 g/mol. The number of amides is 1. The minimum Gasteiger partial charge on any atom is -0.495 e. The Morgan fingerprint density at radius 2 is 1.84 bits per heavy atom. The van der Waals surface area contributed by atoms with Crippen LogP contribution in [0.1, 0.15) is 6.42 Å². The number of anilines is 2. The highest BCUT2D eigenvalue weighted by atomic mass is 35.5. The first-order valence-electron chi connectivity index (χ1n) is 11.7. The number of carbonyl (C=O) groups excluding carboxylic acids is 1. The van der Waals surface area contributed by atoms with Crippen LogP contribution in [0.5, 0.6) is 11.5 Å². The fourth-order valence-electron chi connectivity index (χ4n) is 4.33. The average Bonchev–Trinajstić information content (AvgIpc) is 3.29. The summed E-state index contributed by atoms with van der Waals surface area (Å²) < 4.78 is 16.4. The molecule has 12 heteroatoms. The smallest absolute Gasteiger partial charge is 0.243 e. The quantitative estimate of drug-likeness (QED) is 0.410. The molecule has 2 N–H and O–H groups in total. The Kier molecular flexibility index (Phi) is 7.23. The fourth-order valence-corrected chi connectivity index (χ4v) is 5.02. The van der Waals surface area contributed by atoms with E-state index in [9.17, 15) is 4.79 Å². The highest BCUT2D eigenvalue weighted by Crippen LogP contribution is 2.46. The molecule has 1 amide bonds. The number of nitrogens with zero attached hydrogens (tertiary/aromatic N) is 4. The van der Waals surface area contributed by atoms with Crippen molar-refractivity contribution < 1.29 is 19.0 Å². The molecule has 2 aromatic heterocycles. The van der Waals surface area contributed by atoms with Crippen molar-refractivity contribution in [2.75, 3.05) is 50.7 Å². The van der Waals surface area contributed by atoms with Crippen LogP contribution in [0.4, 0.5) is 11.8 Å². The monoisotopic (exact) mass is 544 g/mol. The summed E-state index contributed by atoms with van der Waals surface area (Å²) >= 11 is 13.4. The molecule has 2 atom stereocenters. The number of fused-ring (bicyclic) bond motifs is 1. The van der Waals surface area contributed by atoms with Crippen molar-refractivity contribution in [3.8, 4) is 22.8 Å². The zero-order chi connectivity index (χ0) is 26.1. The summed E-state index contributed by atoms with van der Waals surface area (Å²) in [6, 6.07) is 3.07. The molecule has 3 aromatic rings. The number of methoxy groups -OCH3 is 2. The molecule has 1 aromatic carbocycles. The van der Waals surface area contributed by atoms with Gasteiger partial charge in [0.2, 0.25) is 11.9 Å². The van der Waals surface area contributed by atoms with Gasteiger partial charge in [0.1, 0.15) is 17.0 Å². The first-order valence-corrected chi connectivity index (χ1v) is 12.5. The molecule has 37 heavy (non-hydrogen) atoms. The number of ether oxygens (including phenoxy) is 3. The number of hydrogen-bond acceptors (Lipinski definition) is 9. The summed E-state index contributed by atoms with van der Waals surface area (Å²) in [6.07, 6.45) is 4.02. The number of hydrogen-bond donors (Lipinski definition) is 2. The molecule has 2 fully saturated rings. The molecule has 0 spiro atoms. The maximum absolute atomic E-state index is 11.8. The molecule has 0 radical (unpaired) electrons. The SMILES string of the molecule is C=CC(=O)N[C@H]1COC[C@H]1Nc1ncc2cc(-c3c(Cl)c(OC)cc(OC)c3Cl)nc(N3CCC3)c2n1. The van der Waals surface area contributed by atoms with Gasteiger partial charge >= 0.3 is 0 Å². The fraction of sp³-hybridized carbons (Fsp3) is 0.360. The van der Waals surface area contributed by atoms with E-state index in [1.807, 2.05) is 6.07 Å². The van der Waals surface area contributed by atoms with Crippen LogP contribution < -0.4 is 25.0 Å². The lowest BCUT2D eigenvalue weighted by molar-refractivity contribution is -0.117. The van der Waals surface area contributed by atoms with Crippen molar-refractivity contribution in [1.29, 1.82) is 0 Å². The van der Waals surface area contributed by atoms with Gasteiger partial charge in [0.15, 0.2) is 5.82 Å². The van der Waals surface area contributed by atoms with Crippen molar-refractivity contribution in [2.24, 2.45) is 0 Å². The Hall–Kier alpha value is -3.34. The number of rotatable bonds is 8. The second-order valence-corrected chi connectivity index (χ2v) is 9.45. The van der Waals surface area contributed by atoms with E-state index in [0.29, 0.717) is 63.3 Å². The summed E-state index contributed by atoms with van der Waals surface area (Å²) in [7, 11) is 3.06. The highest BCUT2D eigenvalue weighted by Gasteiger charge is 2.30. The first-order chi connectivity index (χ1) is 17.9. The van der Waals surface area contributed by atoms with Crippen LogP contribution in [0, 0.1) is 0 Å². The molecule has 2 aliphatic heterocycles.